The van der Waals surface area contributed by atoms with Crippen LogP contribution in [0.5, 0.6) is 5.75 Å². The number of halogens is 1. The van der Waals surface area contributed by atoms with Crippen LogP contribution in [0.2, 0.25) is 0 Å². The van der Waals surface area contributed by atoms with Gasteiger partial charge in [0.15, 0.2) is 11.6 Å². The molecule has 0 aromatic heterocycles. The number of carboxylic acid groups (broad SMARTS) is 1. The molecular weight excluding hydrogens is 269 g/mol. The normalized spacial score (nSPS) is 18.9. The summed E-state index contributed by atoms with van der Waals surface area (Å²) in [6.45, 7) is 0.717. The summed E-state index contributed by atoms with van der Waals surface area (Å²) in [5.74, 6) is -2.90. The van der Waals surface area contributed by atoms with Crippen molar-refractivity contribution in [3.05, 3.63) is 29.6 Å². The van der Waals surface area contributed by atoms with Gasteiger partial charge in [0.05, 0.1) is 25.7 Å². The van der Waals surface area contributed by atoms with Crippen molar-refractivity contribution in [1.82, 2.24) is 4.90 Å². The Morgan fingerprint density at radius 1 is 1.45 bits per heavy atom. The summed E-state index contributed by atoms with van der Waals surface area (Å²) < 4.78 is 18.2. The van der Waals surface area contributed by atoms with E-state index in [1.165, 1.54) is 11.0 Å². The predicted octanol–water partition coefficient (Wildman–Crippen LogP) is 0.847. The number of benzene rings is 1. The highest BCUT2D eigenvalue weighted by Crippen LogP contribution is 2.20. The Hall–Kier alpha value is -2.15. The molecule has 0 radical (unpaired) electrons. The van der Waals surface area contributed by atoms with Gasteiger partial charge in [-0.3, -0.25) is 9.59 Å². The first-order valence-electron chi connectivity index (χ1n) is 6.08. The summed E-state index contributed by atoms with van der Waals surface area (Å²) in [6.07, 6.45) is -0.223. The molecule has 1 amide bonds. The molecule has 1 aliphatic heterocycles. The van der Waals surface area contributed by atoms with E-state index in [0.29, 0.717) is 6.61 Å². The first kappa shape index (κ1) is 14.3. The molecule has 1 aliphatic rings. The van der Waals surface area contributed by atoms with Crippen molar-refractivity contribution in [3.8, 4) is 5.75 Å². The number of ether oxygens (including phenoxy) is 1. The number of rotatable bonds is 3. The minimum Gasteiger partial charge on any atom is -0.505 e. The number of phenolic OH excluding ortho intramolecular Hbond substituents is 1. The van der Waals surface area contributed by atoms with E-state index in [0.717, 1.165) is 12.1 Å². The molecular formula is C13H14FNO5. The average molecular weight is 283 g/mol. The number of carbonyl (C=O) groups excluding carboxylic acids is 1. The molecule has 0 saturated carbocycles. The molecule has 7 heteroatoms. The van der Waals surface area contributed by atoms with Gasteiger partial charge in [-0.1, -0.05) is 0 Å². The highest BCUT2D eigenvalue weighted by atomic mass is 19.1. The van der Waals surface area contributed by atoms with Crippen LogP contribution in [0, 0.1) is 5.82 Å². The van der Waals surface area contributed by atoms with Gasteiger partial charge in [0, 0.05) is 12.1 Å². The summed E-state index contributed by atoms with van der Waals surface area (Å²) >= 11 is 0. The van der Waals surface area contributed by atoms with Gasteiger partial charge in [-0.2, -0.15) is 0 Å². The molecule has 1 aromatic rings. The molecule has 0 bridgehead atoms. The number of hydrogen-bond donors (Lipinski definition) is 2. The Morgan fingerprint density at radius 2 is 2.20 bits per heavy atom. The molecule has 2 N–H and O–H groups in total. The second kappa shape index (κ2) is 5.87. The third-order valence-electron chi connectivity index (χ3n) is 3.09. The van der Waals surface area contributed by atoms with Gasteiger partial charge in [-0.25, -0.2) is 4.39 Å². The van der Waals surface area contributed by atoms with Crippen molar-refractivity contribution in [1.29, 1.82) is 0 Å². The minimum absolute atomic E-state index is 0.112. The quantitative estimate of drug-likeness (QED) is 0.858. The van der Waals surface area contributed by atoms with Crippen LogP contribution in [-0.4, -0.2) is 52.8 Å². The second-order valence-electron chi connectivity index (χ2n) is 4.49. The first-order chi connectivity index (χ1) is 9.49. The van der Waals surface area contributed by atoms with Crippen LogP contribution in [-0.2, 0) is 9.53 Å². The molecule has 0 spiro atoms. The van der Waals surface area contributed by atoms with Crippen molar-refractivity contribution >= 4 is 11.9 Å². The third-order valence-corrected chi connectivity index (χ3v) is 3.09. The molecule has 108 valence electrons. The number of aromatic hydroxyl groups is 1. The topological polar surface area (TPSA) is 87.1 Å². The van der Waals surface area contributed by atoms with Crippen molar-refractivity contribution in [2.24, 2.45) is 0 Å². The van der Waals surface area contributed by atoms with Crippen LogP contribution in [0.1, 0.15) is 16.8 Å². The SMILES string of the molecule is O=C(O)C[C@@H]1COCCN1C(=O)c1ccc(F)c(O)c1. The van der Waals surface area contributed by atoms with Crippen LogP contribution in [0.15, 0.2) is 18.2 Å². The van der Waals surface area contributed by atoms with Crippen molar-refractivity contribution in [2.75, 3.05) is 19.8 Å². The predicted molar refractivity (Wildman–Crippen MR) is 66.0 cm³/mol. The maximum absolute atomic E-state index is 13.0. The lowest BCUT2D eigenvalue weighted by atomic mass is 10.1. The van der Waals surface area contributed by atoms with Gasteiger partial charge in [0.1, 0.15) is 0 Å². The Balaban J connectivity index is 2.20. The summed E-state index contributed by atoms with van der Waals surface area (Å²) in [6, 6.07) is 2.71. The largest absolute Gasteiger partial charge is 0.505 e. The molecule has 1 saturated heterocycles. The number of aliphatic carboxylic acids is 1. The second-order valence-corrected chi connectivity index (χ2v) is 4.49. The van der Waals surface area contributed by atoms with Gasteiger partial charge in [0.25, 0.3) is 5.91 Å². The van der Waals surface area contributed by atoms with E-state index in [1.807, 2.05) is 0 Å². The van der Waals surface area contributed by atoms with Gasteiger partial charge < -0.3 is 19.8 Å². The summed E-state index contributed by atoms with van der Waals surface area (Å²) in [4.78, 5) is 24.5. The molecule has 20 heavy (non-hydrogen) atoms. The molecule has 1 heterocycles. The Kier molecular flexibility index (Phi) is 4.19. The van der Waals surface area contributed by atoms with Crippen LogP contribution >= 0.6 is 0 Å². The van der Waals surface area contributed by atoms with E-state index in [-0.39, 0.29) is 25.1 Å². The van der Waals surface area contributed by atoms with E-state index >= 15 is 0 Å². The molecule has 0 aliphatic carbocycles. The first-order valence-corrected chi connectivity index (χ1v) is 6.08. The Labute approximate surface area is 114 Å². The fourth-order valence-electron chi connectivity index (χ4n) is 2.10. The molecule has 6 nitrogen and oxygen atoms in total. The number of carboxylic acids is 1. The van der Waals surface area contributed by atoms with Gasteiger partial charge in [0.2, 0.25) is 0 Å². The lowest BCUT2D eigenvalue weighted by Gasteiger charge is -2.34. The lowest BCUT2D eigenvalue weighted by molar-refractivity contribution is -0.139. The zero-order chi connectivity index (χ0) is 14.7. The molecule has 1 fully saturated rings. The zero-order valence-electron chi connectivity index (χ0n) is 10.6. The maximum atomic E-state index is 13.0. The Morgan fingerprint density at radius 3 is 2.85 bits per heavy atom. The van der Waals surface area contributed by atoms with E-state index in [9.17, 15) is 19.1 Å². The molecule has 0 unspecified atom stereocenters. The van der Waals surface area contributed by atoms with E-state index < -0.39 is 29.5 Å². The van der Waals surface area contributed by atoms with Crippen molar-refractivity contribution < 1.29 is 28.9 Å². The van der Waals surface area contributed by atoms with Gasteiger partial charge in [-0.05, 0) is 18.2 Å². The monoisotopic (exact) mass is 283 g/mol. The number of morpholine rings is 1. The molecule has 2 rings (SSSR count). The van der Waals surface area contributed by atoms with E-state index in [4.69, 9.17) is 9.84 Å². The van der Waals surface area contributed by atoms with Crippen molar-refractivity contribution in [2.45, 2.75) is 12.5 Å². The van der Waals surface area contributed by atoms with Gasteiger partial charge >= 0.3 is 5.97 Å². The minimum atomic E-state index is -1.03. The zero-order valence-corrected chi connectivity index (χ0v) is 10.6. The van der Waals surface area contributed by atoms with E-state index in [2.05, 4.69) is 0 Å². The number of nitrogens with zero attached hydrogens (tertiary/aromatic N) is 1. The number of hydrogen-bond acceptors (Lipinski definition) is 4. The summed E-state index contributed by atoms with van der Waals surface area (Å²) in [5.41, 5.74) is 0.112. The van der Waals surface area contributed by atoms with Crippen LogP contribution < -0.4 is 0 Å². The maximum Gasteiger partial charge on any atom is 0.305 e. The van der Waals surface area contributed by atoms with Crippen LogP contribution in [0.3, 0.4) is 0 Å². The van der Waals surface area contributed by atoms with Crippen LogP contribution in [0.25, 0.3) is 0 Å². The highest BCUT2D eigenvalue weighted by Gasteiger charge is 2.30. The number of amides is 1. The Bertz CT molecular complexity index is 533. The van der Waals surface area contributed by atoms with Crippen LogP contribution in [0.4, 0.5) is 4.39 Å². The average Bonchev–Trinajstić information content (AvgIpc) is 2.41. The third kappa shape index (κ3) is 3.05. The van der Waals surface area contributed by atoms with E-state index in [1.54, 1.807) is 0 Å². The standard InChI is InChI=1S/C13H14FNO5/c14-10-2-1-8(5-11(10)16)13(19)15-3-4-20-7-9(15)6-12(17)18/h1-2,5,9,16H,3-4,6-7H2,(H,17,18)/t9-/m1/s1. The summed E-state index contributed by atoms with van der Waals surface area (Å²) in [5, 5.41) is 18.1. The van der Waals surface area contributed by atoms with Crippen molar-refractivity contribution in [3.63, 3.8) is 0 Å². The number of carbonyl (C=O) groups is 2. The lowest BCUT2D eigenvalue weighted by Crippen LogP contribution is -2.49. The fourth-order valence-corrected chi connectivity index (χ4v) is 2.10. The fraction of sp³-hybridized carbons (Fsp3) is 0.385. The summed E-state index contributed by atoms with van der Waals surface area (Å²) in [7, 11) is 0. The van der Waals surface area contributed by atoms with Gasteiger partial charge in [-0.15, -0.1) is 0 Å². The molecule has 1 atom stereocenters. The molecule has 1 aromatic carbocycles. The smallest absolute Gasteiger partial charge is 0.305 e. The highest BCUT2D eigenvalue weighted by molar-refractivity contribution is 5.95. The number of phenols is 1.